The highest BCUT2D eigenvalue weighted by Crippen LogP contribution is 2.31. The molecule has 0 radical (unpaired) electrons. The highest BCUT2D eigenvalue weighted by atomic mass is 16.5. The second-order valence-electron chi connectivity index (χ2n) is 4.58. The predicted molar refractivity (Wildman–Crippen MR) is 65.9 cm³/mol. The van der Waals surface area contributed by atoms with Gasteiger partial charge in [-0.2, -0.15) is 4.98 Å². The zero-order valence-electron chi connectivity index (χ0n) is 10.2. The number of aromatic nitrogens is 2. The molecule has 1 fully saturated rings. The van der Waals surface area contributed by atoms with Crippen molar-refractivity contribution in [1.82, 2.24) is 10.1 Å². The minimum absolute atomic E-state index is 0.164. The van der Waals surface area contributed by atoms with Gasteiger partial charge in [0.25, 0.3) is 5.89 Å². The Kier molecular flexibility index (Phi) is 3.08. The van der Waals surface area contributed by atoms with Crippen LogP contribution in [-0.2, 0) is 4.74 Å². The molecule has 2 N–H and O–H groups in total. The van der Waals surface area contributed by atoms with E-state index in [0.29, 0.717) is 23.9 Å². The van der Waals surface area contributed by atoms with Gasteiger partial charge in [-0.15, -0.1) is 0 Å². The van der Waals surface area contributed by atoms with Crippen LogP contribution in [0.2, 0.25) is 0 Å². The van der Waals surface area contributed by atoms with Gasteiger partial charge in [0.1, 0.15) is 0 Å². The van der Waals surface area contributed by atoms with Gasteiger partial charge in [0.15, 0.2) is 17.3 Å². The third-order valence-corrected chi connectivity index (χ3v) is 3.19. The van der Waals surface area contributed by atoms with E-state index in [1.165, 1.54) is 12.1 Å². The first kappa shape index (κ1) is 12.0. The van der Waals surface area contributed by atoms with Gasteiger partial charge in [0.05, 0.1) is 6.61 Å². The van der Waals surface area contributed by atoms with Crippen molar-refractivity contribution < 1.29 is 19.5 Å². The lowest BCUT2D eigenvalue weighted by atomic mass is 10.0. The summed E-state index contributed by atoms with van der Waals surface area (Å²) in [5.41, 5.74) is 0.575. The van der Waals surface area contributed by atoms with Crippen LogP contribution in [0, 0.1) is 0 Å². The summed E-state index contributed by atoms with van der Waals surface area (Å²) in [6.07, 6.45) is 1.98. The van der Waals surface area contributed by atoms with Crippen LogP contribution in [0.3, 0.4) is 0 Å². The van der Waals surface area contributed by atoms with Crippen LogP contribution in [0.5, 0.6) is 11.5 Å². The van der Waals surface area contributed by atoms with Crippen molar-refractivity contribution in [3.8, 4) is 23.0 Å². The number of nitrogens with zero attached hydrogens (tertiary/aromatic N) is 2. The van der Waals surface area contributed by atoms with E-state index in [1.54, 1.807) is 6.07 Å². The maximum Gasteiger partial charge on any atom is 0.258 e. The Bertz CT molecular complexity index is 576. The van der Waals surface area contributed by atoms with E-state index in [2.05, 4.69) is 10.1 Å². The summed E-state index contributed by atoms with van der Waals surface area (Å²) < 4.78 is 10.6. The van der Waals surface area contributed by atoms with E-state index < -0.39 is 0 Å². The van der Waals surface area contributed by atoms with E-state index in [0.717, 1.165) is 19.4 Å². The molecule has 0 spiro atoms. The SMILES string of the molecule is Oc1ccc(-c2nc(C3CCCOC3)no2)cc1O. The second-order valence-corrected chi connectivity index (χ2v) is 4.58. The van der Waals surface area contributed by atoms with Crippen LogP contribution in [0.25, 0.3) is 11.5 Å². The maximum atomic E-state index is 9.46. The molecule has 100 valence electrons. The van der Waals surface area contributed by atoms with Crippen molar-refractivity contribution in [3.05, 3.63) is 24.0 Å². The molecule has 2 aromatic rings. The normalized spacial score (nSPS) is 19.5. The molecular formula is C13H14N2O4. The summed E-state index contributed by atoms with van der Waals surface area (Å²) in [7, 11) is 0. The molecule has 6 nitrogen and oxygen atoms in total. The first-order valence-corrected chi connectivity index (χ1v) is 6.18. The van der Waals surface area contributed by atoms with Gasteiger partial charge in [-0.1, -0.05) is 5.16 Å². The fourth-order valence-electron chi connectivity index (χ4n) is 2.12. The summed E-state index contributed by atoms with van der Waals surface area (Å²) in [5.74, 6) is 0.734. The van der Waals surface area contributed by atoms with Gasteiger partial charge in [0, 0.05) is 18.1 Å². The van der Waals surface area contributed by atoms with Crippen molar-refractivity contribution in [2.45, 2.75) is 18.8 Å². The maximum absolute atomic E-state index is 9.46. The molecule has 19 heavy (non-hydrogen) atoms. The van der Waals surface area contributed by atoms with E-state index in [9.17, 15) is 10.2 Å². The largest absolute Gasteiger partial charge is 0.504 e. The minimum Gasteiger partial charge on any atom is -0.504 e. The van der Waals surface area contributed by atoms with E-state index in [-0.39, 0.29) is 17.4 Å². The monoisotopic (exact) mass is 262 g/mol. The molecule has 1 aliphatic heterocycles. The molecule has 0 saturated carbocycles. The molecule has 1 unspecified atom stereocenters. The lowest BCUT2D eigenvalue weighted by molar-refractivity contribution is 0.0773. The number of phenolic OH excluding ortho intramolecular Hbond substituents is 2. The van der Waals surface area contributed by atoms with Crippen molar-refractivity contribution in [3.63, 3.8) is 0 Å². The first-order chi connectivity index (χ1) is 9.24. The molecule has 6 heteroatoms. The average Bonchev–Trinajstić information content (AvgIpc) is 2.93. The Labute approximate surface area is 109 Å². The van der Waals surface area contributed by atoms with Crippen molar-refractivity contribution in [2.75, 3.05) is 13.2 Å². The van der Waals surface area contributed by atoms with Crippen molar-refractivity contribution >= 4 is 0 Å². The number of phenols is 2. The summed E-state index contributed by atoms with van der Waals surface area (Å²) in [6, 6.07) is 4.39. The lowest BCUT2D eigenvalue weighted by Crippen LogP contribution is -2.16. The smallest absolute Gasteiger partial charge is 0.258 e. The van der Waals surface area contributed by atoms with Gasteiger partial charge >= 0.3 is 0 Å². The zero-order chi connectivity index (χ0) is 13.2. The van der Waals surface area contributed by atoms with Gasteiger partial charge in [-0.3, -0.25) is 0 Å². The van der Waals surface area contributed by atoms with Crippen LogP contribution >= 0.6 is 0 Å². The molecule has 1 aliphatic rings. The third-order valence-electron chi connectivity index (χ3n) is 3.19. The number of hydrogen-bond acceptors (Lipinski definition) is 6. The molecule has 0 amide bonds. The lowest BCUT2D eigenvalue weighted by Gasteiger charge is -2.18. The molecule has 0 aliphatic carbocycles. The van der Waals surface area contributed by atoms with E-state index in [1.807, 2.05) is 0 Å². The Hall–Kier alpha value is -2.08. The van der Waals surface area contributed by atoms with Crippen LogP contribution in [-0.4, -0.2) is 33.6 Å². The number of ether oxygens (including phenoxy) is 1. The van der Waals surface area contributed by atoms with E-state index >= 15 is 0 Å². The zero-order valence-corrected chi connectivity index (χ0v) is 10.2. The van der Waals surface area contributed by atoms with Crippen LogP contribution in [0.15, 0.2) is 22.7 Å². The first-order valence-electron chi connectivity index (χ1n) is 6.18. The topological polar surface area (TPSA) is 88.6 Å². The molecular weight excluding hydrogens is 248 g/mol. The summed E-state index contributed by atoms with van der Waals surface area (Å²) >= 11 is 0. The van der Waals surface area contributed by atoms with Gasteiger partial charge in [-0.05, 0) is 31.0 Å². The van der Waals surface area contributed by atoms with Crippen LogP contribution < -0.4 is 0 Å². The molecule has 0 bridgehead atoms. The summed E-state index contributed by atoms with van der Waals surface area (Å²) in [5, 5.41) is 22.7. The Balaban J connectivity index is 1.85. The molecule has 1 saturated heterocycles. The standard InChI is InChI=1S/C13H14N2O4/c16-10-4-3-8(6-11(10)17)13-14-12(15-19-13)9-2-1-5-18-7-9/h3-4,6,9,16-17H,1-2,5,7H2. The number of benzene rings is 1. The Morgan fingerprint density at radius 3 is 2.84 bits per heavy atom. The second kappa shape index (κ2) is 4.89. The molecule has 2 heterocycles. The molecule has 3 rings (SSSR count). The van der Waals surface area contributed by atoms with Crippen molar-refractivity contribution in [2.24, 2.45) is 0 Å². The average molecular weight is 262 g/mol. The van der Waals surface area contributed by atoms with Crippen LogP contribution in [0.1, 0.15) is 24.6 Å². The number of rotatable bonds is 2. The summed E-state index contributed by atoms with van der Waals surface area (Å²) in [6.45, 7) is 1.40. The minimum atomic E-state index is -0.210. The van der Waals surface area contributed by atoms with Gasteiger partial charge in [0.2, 0.25) is 0 Å². The van der Waals surface area contributed by atoms with E-state index in [4.69, 9.17) is 9.26 Å². The Morgan fingerprint density at radius 1 is 1.21 bits per heavy atom. The predicted octanol–water partition coefficient (Wildman–Crippen LogP) is 2.04. The molecule has 1 aromatic heterocycles. The van der Waals surface area contributed by atoms with Gasteiger partial charge < -0.3 is 19.5 Å². The van der Waals surface area contributed by atoms with Crippen LogP contribution in [0.4, 0.5) is 0 Å². The Morgan fingerprint density at radius 2 is 2.11 bits per heavy atom. The molecule has 1 atom stereocenters. The van der Waals surface area contributed by atoms with Crippen molar-refractivity contribution in [1.29, 1.82) is 0 Å². The van der Waals surface area contributed by atoms with Gasteiger partial charge in [-0.25, -0.2) is 0 Å². The quantitative estimate of drug-likeness (QED) is 0.805. The summed E-state index contributed by atoms with van der Waals surface area (Å²) in [4.78, 5) is 4.32. The fraction of sp³-hybridized carbons (Fsp3) is 0.385. The number of aromatic hydroxyl groups is 2. The fourth-order valence-corrected chi connectivity index (χ4v) is 2.12. The highest BCUT2D eigenvalue weighted by Gasteiger charge is 2.22. The highest BCUT2D eigenvalue weighted by molar-refractivity contribution is 5.58. The molecule has 1 aromatic carbocycles. The third kappa shape index (κ3) is 2.39. The number of hydrogen-bond donors (Lipinski definition) is 2.